The van der Waals surface area contributed by atoms with E-state index in [0.29, 0.717) is 13.0 Å². The Morgan fingerprint density at radius 1 is 1.12 bits per heavy atom. The van der Waals surface area contributed by atoms with Gasteiger partial charge in [-0.05, 0) is 23.9 Å². The van der Waals surface area contributed by atoms with Crippen molar-refractivity contribution >= 4 is 17.1 Å². The molecule has 0 aliphatic rings. The second kappa shape index (κ2) is 4.79. The number of ether oxygens (including phenoxy) is 1. The zero-order valence-corrected chi connectivity index (χ0v) is 9.27. The fraction of sp³-hybridized carbons (Fsp3) is 0.214. The van der Waals surface area contributed by atoms with Crippen LogP contribution in [0.2, 0.25) is 0 Å². The topological polar surface area (TPSA) is 26.3 Å². The Hall–Kier alpha value is -1.83. The Balaban J connectivity index is 2.61. The van der Waals surface area contributed by atoms with E-state index in [1.807, 2.05) is 43.3 Å². The Bertz CT molecular complexity index is 503. The molecule has 0 unspecified atom stereocenters. The molecule has 0 aliphatic heterocycles. The highest BCUT2D eigenvalue weighted by Crippen LogP contribution is 2.28. The minimum Gasteiger partial charge on any atom is -0.493 e. The molecular formula is C14H14O2. The molecule has 0 bridgehead atoms. The predicted octanol–water partition coefficient (Wildman–Crippen LogP) is 2.98. The monoisotopic (exact) mass is 214 g/mol. The first-order valence-electron chi connectivity index (χ1n) is 5.44. The van der Waals surface area contributed by atoms with Gasteiger partial charge < -0.3 is 9.53 Å². The number of benzene rings is 2. The normalized spacial score (nSPS) is 10.3. The van der Waals surface area contributed by atoms with E-state index in [2.05, 4.69) is 0 Å². The number of rotatable bonds is 4. The molecule has 0 heterocycles. The van der Waals surface area contributed by atoms with Gasteiger partial charge in [0, 0.05) is 11.8 Å². The van der Waals surface area contributed by atoms with Crippen LogP contribution < -0.4 is 4.74 Å². The van der Waals surface area contributed by atoms with E-state index >= 15 is 0 Å². The average molecular weight is 214 g/mol. The zero-order valence-electron chi connectivity index (χ0n) is 9.27. The SMILES string of the molecule is CCOc1ccc(CC=O)c2ccccc12. The highest BCUT2D eigenvalue weighted by atomic mass is 16.5. The number of aldehydes is 1. The lowest BCUT2D eigenvalue weighted by atomic mass is 10.0. The summed E-state index contributed by atoms with van der Waals surface area (Å²) >= 11 is 0. The molecule has 82 valence electrons. The lowest BCUT2D eigenvalue weighted by molar-refractivity contribution is -0.107. The van der Waals surface area contributed by atoms with Crippen LogP contribution in [0.25, 0.3) is 10.8 Å². The van der Waals surface area contributed by atoms with Crippen molar-refractivity contribution in [3.8, 4) is 5.75 Å². The first-order chi connectivity index (χ1) is 7.86. The number of carbonyl (C=O) groups excluding carboxylic acids is 1. The zero-order chi connectivity index (χ0) is 11.4. The van der Waals surface area contributed by atoms with Crippen molar-refractivity contribution in [3.05, 3.63) is 42.0 Å². The molecule has 0 atom stereocenters. The van der Waals surface area contributed by atoms with Crippen LogP contribution in [0.3, 0.4) is 0 Å². The largest absolute Gasteiger partial charge is 0.493 e. The maximum absolute atomic E-state index is 10.6. The van der Waals surface area contributed by atoms with Gasteiger partial charge in [-0.25, -0.2) is 0 Å². The fourth-order valence-corrected chi connectivity index (χ4v) is 1.88. The fourth-order valence-electron chi connectivity index (χ4n) is 1.88. The molecule has 0 amide bonds. The minimum absolute atomic E-state index is 0.451. The van der Waals surface area contributed by atoms with Crippen molar-refractivity contribution in [1.82, 2.24) is 0 Å². The van der Waals surface area contributed by atoms with Crippen LogP contribution in [0.1, 0.15) is 12.5 Å². The molecule has 2 rings (SSSR count). The summed E-state index contributed by atoms with van der Waals surface area (Å²) < 4.78 is 5.56. The van der Waals surface area contributed by atoms with Crippen LogP contribution in [0.4, 0.5) is 0 Å². The van der Waals surface area contributed by atoms with Crippen molar-refractivity contribution in [2.45, 2.75) is 13.3 Å². The Morgan fingerprint density at radius 3 is 2.56 bits per heavy atom. The molecule has 0 fully saturated rings. The number of hydrogen-bond donors (Lipinski definition) is 0. The second-order valence-corrected chi connectivity index (χ2v) is 3.57. The molecule has 0 N–H and O–H groups in total. The van der Waals surface area contributed by atoms with Gasteiger partial charge >= 0.3 is 0 Å². The molecule has 0 aliphatic carbocycles. The van der Waals surface area contributed by atoms with Crippen LogP contribution >= 0.6 is 0 Å². The van der Waals surface area contributed by atoms with Crippen LogP contribution in [0, 0.1) is 0 Å². The molecule has 2 nitrogen and oxygen atoms in total. The van der Waals surface area contributed by atoms with Gasteiger partial charge in [0.2, 0.25) is 0 Å². The quantitative estimate of drug-likeness (QED) is 0.731. The van der Waals surface area contributed by atoms with Crippen molar-refractivity contribution < 1.29 is 9.53 Å². The molecular weight excluding hydrogens is 200 g/mol. The molecule has 2 aromatic rings. The van der Waals surface area contributed by atoms with Gasteiger partial charge in [0.1, 0.15) is 12.0 Å². The third kappa shape index (κ3) is 1.91. The third-order valence-electron chi connectivity index (χ3n) is 2.58. The van der Waals surface area contributed by atoms with E-state index in [-0.39, 0.29) is 0 Å². The van der Waals surface area contributed by atoms with E-state index in [1.54, 1.807) is 0 Å². The summed E-state index contributed by atoms with van der Waals surface area (Å²) in [7, 11) is 0. The van der Waals surface area contributed by atoms with E-state index in [4.69, 9.17) is 4.74 Å². The standard InChI is InChI=1S/C14H14O2/c1-2-16-14-8-7-11(9-10-15)12-5-3-4-6-13(12)14/h3-8,10H,2,9H2,1H3. The molecule has 0 spiro atoms. The van der Waals surface area contributed by atoms with Crippen molar-refractivity contribution in [3.63, 3.8) is 0 Å². The minimum atomic E-state index is 0.451. The van der Waals surface area contributed by atoms with E-state index in [1.165, 1.54) is 0 Å². The molecule has 0 aromatic heterocycles. The highest BCUT2D eigenvalue weighted by molar-refractivity contribution is 5.92. The smallest absolute Gasteiger partial charge is 0.127 e. The predicted molar refractivity (Wildman–Crippen MR) is 64.9 cm³/mol. The summed E-state index contributed by atoms with van der Waals surface area (Å²) in [6.07, 6.45) is 1.38. The van der Waals surface area contributed by atoms with Crippen LogP contribution in [-0.2, 0) is 11.2 Å². The summed E-state index contributed by atoms with van der Waals surface area (Å²) in [6, 6.07) is 11.9. The summed E-state index contributed by atoms with van der Waals surface area (Å²) in [5.74, 6) is 0.882. The van der Waals surface area contributed by atoms with Crippen molar-refractivity contribution in [2.75, 3.05) is 6.61 Å². The van der Waals surface area contributed by atoms with E-state index < -0.39 is 0 Å². The summed E-state index contributed by atoms with van der Waals surface area (Å²) in [4.78, 5) is 10.6. The maximum atomic E-state index is 10.6. The van der Waals surface area contributed by atoms with Gasteiger partial charge in [-0.15, -0.1) is 0 Å². The van der Waals surface area contributed by atoms with Gasteiger partial charge in [0.05, 0.1) is 6.61 Å². The molecule has 2 heteroatoms. The number of carbonyl (C=O) groups is 1. The van der Waals surface area contributed by atoms with E-state index in [9.17, 15) is 4.79 Å². The van der Waals surface area contributed by atoms with E-state index in [0.717, 1.165) is 28.4 Å². The first kappa shape index (κ1) is 10.7. The molecule has 0 saturated heterocycles. The first-order valence-corrected chi connectivity index (χ1v) is 5.44. The number of hydrogen-bond acceptors (Lipinski definition) is 2. The van der Waals surface area contributed by atoms with Crippen LogP contribution in [0.5, 0.6) is 5.75 Å². The molecule has 16 heavy (non-hydrogen) atoms. The maximum Gasteiger partial charge on any atom is 0.127 e. The van der Waals surface area contributed by atoms with Gasteiger partial charge in [-0.2, -0.15) is 0 Å². The number of fused-ring (bicyclic) bond motifs is 1. The van der Waals surface area contributed by atoms with Crippen LogP contribution in [0.15, 0.2) is 36.4 Å². The van der Waals surface area contributed by atoms with Gasteiger partial charge in [0.15, 0.2) is 0 Å². The van der Waals surface area contributed by atoms with Crippen molar-refractivity contribution in [2.24, 2.45) is 0 Å². The average Bonchev–Trinajstić information content (AvgIpc) is 2.33. The Kier molecular flexibility index (Phi) is 3.20. The Labute approximate surface area is 94.8 Å². The molecule has 0 saturated carbocycles. The van der Waals surface area contributed by atoms with Gasteiger partial charge in [0.25, 0.3) is 0 Å². The lowest BCUT2D eigenvalue weighted by Gasteiger charge is -2.09. The molecule has 0 radical (unpaired) electrons. The second-order valence-electron chi connectivity index (χ2n) is 3.57. The summed E-state index contributed by atoms with van der Waals surface area (Å²) in [6.45, 7) is 2.62. The van der Waals surface area contributed by atoms with Gasteiger partial charge in [-0.1, -0.05) is 30.3 Å². The summed E-state index contributed by atoms with van der Waals surface area (Å²) in [5.41, 5.74) is 1.05. The lowest BCUT2D eigenvalue weighted by Crippen LogP contribution is -1.95. The van der Waals surface area contributed by atoms with Crippen molar-refractivity contribution in [1.29, 1.82) is 0 Å². The van der Waals surface area contributed by atoms with Crippen LogP contribution in [-0.4, -0.2) is 12.9 Å². The highest BCUT2D eigenvalue weighted by Gasteiger charge is 2.05. The molecule has 2 aromatic carbocycles. The van der Waals surface area contributed by atoms with Gasteiger partial charge in [-0.3, -0.25) is 0 Å². The Morgan fingerprint density at radius 2 is 1.88 bits per heavy atom. The third-order valence-corrected chi connectivity index (χ3v) is 2.58. The summed E-state index contributed by atoms with van der Waals surface area (Å²) in [5, 5.41) is 2.17.